The van der Waals surface area contributed by atoms with Gasteiger partial charge in [-0.25, -0.2) is 0 Å². The van der Waals surface area contributed by atoms with Crippen LogP contribution in [0.1, 0.15) is 10.4 Å². The molecule has 0 aliphatic rings. The molecule has 0 unspecified atom stereocenters. The van der Waals surface area contributed by atoms with E-state index >= 15 is 0 Å². The second kappa shape index (κ2) is 6.04. The molecule has 21 heavy (non-hydrogen) atoms. The Morgan fingerprint density at radius 1 is 1.19 bits per heavy atom. The lowest BCUT2D eigenvalue weighted by Crippen LogP contribution is -2.13. The number of phenols is 1. The van der Waals surface area contributed by atoms with E-state index in [0.717, 1.165) is 0 Å². The van der Waals surface area contributed by atoms with Crippen molar-refractivity contribution in [1.82, 2.24) is 0 Å². The molecule has 0 aromatic heterocycles. The van der Waals surface area contributed by atoms with Crippen LogP contribution in [0.3, 0.4) is 0 Å². The molecule has 110 valence electrons. The van der Waals surface area contributed by atoms with Gasteiger partial charge in [0.15, 0.2) is 11.5 Å². The van der Waals surface area contributed by atoms with E-state index in [0.29, 0.717) is 17.1 Å². The van der Waals surface area contributed by atoms with E-state index in [1.54, 1.807) is 30.3 Å². The smallest absolute Gasteiger partial charge is 0.259 e. The number of hydrogen-bond acceptors (Lipinski definition) is 5. The summed E-state index contributed by atoms with van der Waals surface area (Å²) in [5, 5.41) is 12.6. The molecular formula is C15H16N2O4. The number of para-hydroxylation sites is 1. The zero-order chi connectivity index (χ0) is 15.4. The second-order valence-electron chi connectivity index (χ2n) is 4.26. The van der Waals surface area contributed by atoms with Gasteiger partial charge in [-0.2, -0.15) is 0 Å². The Bertz CT molecular complexity index is 671. The molecule has 0 saturated carbocycles. The number of nitrogen functional groups attached to an aromatic ring is 1. The number of amides is 1. The van der Waals surface area contributed by atoms with E-state index in [-0.39, 0.29) is 17.1 Å². The van der Waals surface area contributed by atoms with Gasteiger partial charge in [0.25, 0.3) is 5.91 Å². The maximum Gasteiger partial charge on any atom is 0.259 e. The summed E-state index contributed by atoms with van der Waals surface area (Å²) in [7, 11) is 2.93. The van der Waals surface area contributed by atoms with Crippen molar-refractivity contribution < 1.29 is 19.4 Å². The summed E-state index contributed by atoms with van der Waals surface area (Å²) in [6.45, 7) is 0. The summed E-state index contributed by atoms with van der Waals surface area (Å²) < 4.78 is 10.1. The minimum atomic E-state index is -0.494. The molecule has 0 saturated heterocycles. The van der Waals surface area contributed by atoms with E-state index in [4.69, 9.17) is 15.2 Å². The first kappa shape index (κ1) is 14.5. The summed E-state index contributed by atoms with van der Waals surface area (Å²) in [4.78, 5) is 12.2. The van der Waals surface area contributed by atoms with Crippen LogP contribution in [0.5, 0.6) is 17.2 Å². The SMILES string of the molecule is COc1ccc(N)c(NC(=O)c2cccc(OC)c2O)c1. The molecule has 1 amide bonds. The lowest BCUT2D eigenvalue weighted by Gasteiger charge is -2.12. The Kier molecular flexibility index (Phi) is 4.18. The quantitative estimate of drug-likeness (QED) is 0.750. The zero-order valence-electron chi connectivity index (χ0n) is 11.7. The van der Waals surface area contributed by atoms with Crippen LogP contribution in [-0.2, 0) is 0 Å². The number of hydrogen-bond donors (Lipinski definition) is 3. The van der Waals surface area contributed by atoms with Crippen LogP contribution in [0.25, 0.3) is 0 Å². The highest BCUT2D eigenvalue weighted by atomic mass is 16.5. The Morgan fingerprint density at radius 3 is 2.62 bits per heavy atom. The van der Waals surface area contributed by atoms with Gasteiger partial charge in [0, 0.05) is 6.07 Å². The van der Waals surface area contributed by atoms with Crippen molar-refractivity contribution in [3.8, 4) is 17.2 Å². The largest absolute Gasteiger partial charge is 0.504 e. The summed E-state index contributed by atoms with van der Waals surface area (Å²) in [6.07, 6.45) is 0. The summed E-state index contributed by atoms with van der Waals surface area (Å²) in [6, 6.07) is 9.58. The van der Waals surface area contributed by atoms with Crippen molar-refractivity contribution in [2.75, 3.05) is 25.3 Å². The maximum atomic E-state index is 12.2. The van der Waals surface area contributed by atoms with Crippen molar-refractivity contribution in [3.63, 3.8) is 0 Å². The highest BCUT2D eigenvalue weighted by Gasteiger charge is 2.16. The third-order valence-electron chi connectivity index (χ3n) is 2.97. The number of rotatable bonds is 4. The third kappa shape index (κ3) is 3.00. The molecule has 0 bridgehead atoms. The van der Waals surface area contributed by atoms with Gasteiger partial charge in [-0.1, -0.05) is 6.07 Å². The first-order chi connectivity index (χ1) is 10.1. The van der Waals surface area contributed by atoms with E-state index in [1.165, 1.54) is 20.3 Å². The molecule has 2 rings (SSSR count). The Morgan fingerprint density at radius 2 is 1.95 bits per heavy atom. The minimum Gasteiger partial charge on any atom is -0.504 e. The average molecular weight is 288 g/mol. The van der Waals surface area contributed by atoms with Gasteiger partial charge >= 0.3 is 0 Å². The number of anilines is 2. The first-order valence-corrected chi connectivity index (χ1v) is 6.17. The fourth-order valence-electron chi connectivity index (χ4n) is 1.83. The van der Waals surface area contributed by atoms with Crippen molar-refractivity contribution >= 4 is 17.3 Å². The maximum absolute atomic E-state index is 12.2. The zero-order valence-corrected chi connectivity index (χ0v) is 11.7. The molecule has 0 aliphatic heterocycles. The van der Waals surface area contributed by atoms with Crippen LogP contribution in [-0.4, -0.2) is 25.2 Å². The predicted molar refractivity (Wildman–Crippen MR) is 80.0 cm³/mol. The van der Waals surface area contributed by atoms with Gasteiger partial charge in [0.1, 0.15) is 5.75 Å². The van der Waals surface area contributed by atoms with Gasteiger partial charge < -0.3 is 25.6 Å². The Balaban J connectivity index is 2.30. The van der Waals surface area contributed by atoms with Gasteiger partial charge in [0.05, 0.1) is 31.2 Å². The molecule has 6 heteroatoms. The number of aromatic hydroxyl groups is 1. The molecule has 2 aromatic carbocycles. The van der Waals surface area contributed by atoms with Crippen molar-refractivity contribution in [2.45, 2.75) is 0 Å². The number of ether oxygens (including phenoxy) is 2. The Hall–Kier alpha value is -2.89. The number of benzene rings is 2. The molecule has 0 heterocycles. The van der Waals surface area contributed by atoms with E-state index < -0.39 is 5.91 Å². The third-order valence-corrected chi connectivity index (χ3v) is 2.97. The van der Waals surface area contributed by atoms with Gasteiger partial charge in [-0.05, 0) is 24.3 Å². The normalized spacial score (nSPS) is 10.0. The molecule has 0 spiro atoms. The van der Waals surface area contributed by atoms with E-state index in [1.807, 2.05) is 0 Å². The molecule has 6 nitrogen and oxygen atoms in total. The molecule has 0 aliphatic carbocycles. The van der Waals surface area contributed by atoms with Crippen LogP contribution in [0, 0.1) is 0 Å². The number of carbonyl (C=O) groups is 1. The standard InChI is InChI=1S/C15H16N2O4/c1-20-9-6-7-11(16)12(8-9)17-15(19)10-4-3-5-13(21-2)14(10)18/h3-8,18H,16H2,1-2H3,(H,17,19). The van der Waals surface area contributed by atoms with Crippen molar-refractivity contribution in [1.29, 1.82) is 0 Å². The molecule has 0 radical (unpaired) electrons. The molecular weight excluding hydrogens is 272 g/mol. The molecule has 4 N–H and O–H groups in total. The van der Waals surface area contributed by atoms with Crippen LogP contribution in [0.4, 0.5) is 11.4 Å². The van der Waals surface area contributed by atoms with Crippen LogP contribution in [0.2, 0.25) is 0 Å². The van der Waals surface area contributed by atoms with Crippen LogP contribution < -0.4 is 20.5 Å². The fraction of sp³-hybridized carbons (Fsp3) is 0.133. The highest BCUT2D eigenvalue weighted by molar-refractivity contribution is 6.08. The van der Waals surface area contributed by atoms with E-state index in [2.05, 4.69) is 5.32 Å². The average Bonchev–Trinajstić information content (AvgIpc) is 2.49. The summed E-state index contributed by atoms with van der Waals surface area (Å²) >= 11 is 0. The molecule has 0 atom stereocenters. The summed E-state index contributed by atoms with van der Waals surface area (Å²) in [5.41, 5.74) is 6.70. The lowest BCUT2D eigenvalue weighted by molar-refractivity contribution is 0.102. The monoisotopic (exact) mass is 288 g/mol. The topological polar surface area (TPSA) is 93.8 Å². The summed E-state index contributed by atoms with van der Waals surface area (Å²) in [5.74, 6) is 0.0703. The van der Waals surface area contributed by atoms with Gasteiger partial charge in [0.2, 0.25) is 0 Å². The first-order valence-electron chi connectivity index (χ1n) is 6.17. The number of methoxy groups -OCH3 is 2. The number of carbonyl (C=O) groups excluding carboxylic acids is 1. The van der Waals surface area contributed by atoms with Crippen LogP contribution >= 0.6 is 0 Å². The molecule has 0 fully saturated rings. The highest BCUT2D eigenvalue weighted by Crippen LogP contribution is 2.31. The van der Waals surface area contributed by atoms with Gasteiger partial charge in [-0.3, -0.25) is 4.79 Å². The van der Waals surface area contributed by atoms with Gasteiger partial charge in [-0.15, -0.1) is 0 Å². The lowest BCUT2D eigenvalue weighted by atomic mass is 10.1. The fourth-order valence-corrected chi connectivity index (χ4v) is 1.83. The second-order valence-corrected chi connectivity index (χ2v) is 4.26. The molecule has 2 aromatic rings. The minimum absolute atomic E-state index is 0.0940. The number of nitrogens with one attached hydrogen (secondary N) is 1. The predicted octanol–water partition coefficient (Wildman–Crippen LogP) is 2.24. The Labute approximate surface area is 122 Å². The van der Waals surface area contributed by atoms with Crippen molar-refractivity contribution in [2.24, 2.45) is 0 Å². The van der Waals surface area contributed by atoms with Crippen molar-refractivity contribution in [3.05, 3.63) is 42.0 Å². The number of phenolic OH excluding ortho intramolecular Hbond substituents is 1. The number of nitrogens with two attached hydrogens (primary N) is 1. The van der Waals surface area contributed by atoms with Crippen LogP contribution in [0.15, 0.2) is 36.4 Å². The van der Waals surface area contributed by atoms with E-state index in [9.17, 15) is 9.90 Å².